The van der Waals surface area contributed by atoms with Gasteiger partial charge in [-0.1, -0.05) is 13.8 Å². The van der Waals surface area contributed by atoms with Crippen molar-refractivity contribution in [2.24, 2.45) is 0 Å². The molecule has 0 saturated carbocycles. The van der Waals surface area contributed by atoms with Crippen LogP contribution in [0.5, 0.6) is 5.88 Å². The lowest BCUT2D eigenvalue weighted by atomic mass is 10.1. The molecule has 2 aromatic heterocycles. The van der Waals surface area contributed by atoms with Gasteiger partial charge in [0.05, 0.1) is 18.1 Å². The van der Waals surface area contributed by atoms with Crippen LogP contribution < -0.4 is 4.74 Å². The van der Waals surface area contributed by atoms with Crippen molar-refractivity contribution in [1.29, 1.82) is 0 Å². The average molecular weight is 290 g/mol. The Balaban J connectivity index is 2.57. The first-order valence-corrected chi connectivity index (χ1v) is 7.02. The van der Waals surface area contributed by atoms with Gasteiger partial charge in [0, 0.05) is 12.3 Å². The molecule has 0 spiro atoms. The van der Waals surface area contributed by atoms with Crippen molar-refractivity contribution in [2.75, 3.05) is 7.11 Å². The Bertz CT molecular complexity index is 666. The summed E-state index contributed by atoms with van der Waals surface area (Å²) in [6.07, 6.45) is 1.40. The van der Waals surface area contributed by atoms with Gasteiger partial charge in [-0.3, -0.25) is 4.57 Å². The van der Waals surface area contributed by atoms with Crippen molar-refractivity contribution < 1.29 is 14.3 Å². The number of fused-ring (bicyclic) bond motifs is 1. The summed E-state index contributed by atoms with van der Waals surface area (Å²) in [6, 6.07) is 3.57. The molecule has 114 valence electrons. The Morgan fingerprint density at radius 2 is 1.95 bits per heavy atom. The molecule has 21 heavy (non-hydrogen) atoms. The fourth-order valence-corrected chi connectivity index (χ4v) is 2.11. The van der Waals surface area contributed by atoms with E-state index in [0.717, 1.165) is 16.6 Å². The minimum Gasteiger partial charge on any atom is -0.481 e. The van der Waals surface area contributed by atoms with Crippen LogP contribution in [0.4, 0.5) is 4.79 Å². The third kappa shape index (κ3) is 3.17. The lowest BCUT2D eigenvalue weighted by Gasteiger charge is -2.19. The van der Waals surface area contributed by atoms with Crippen LogP contribution in [-0.4, -0.2) is 28.4 Å². The van der Waals surface area contributed by atoms with E-state index in [4.69, 9.17) is 9.47 Å². The third-order valence-corrected chi connectivity index (χ3v) is 3.07. The summed E-state index contributed by atoms with van der Waals surface area (Å²) >= 11 is 0. The molecule has 0 atom stereocenters. The van der Waals surface area contributed by atoms with Gasteiger partial charge in [0.25, 0.3) is 0 Å². The smallest absolute Gasteiger partial charge is 0.419 e. The number of ether oxygens (including phenoxy) is 2. The fourth-order valence-electron chi connectivity index (χ4n) is 2.11. The summed E-state index contributed by atoms with van der Waals surface area (Å²) in [4.78, 5) is 16.8. The van der Waals surface area contributed by atoms with Gasteiger partial charge in [-0.2, -0.15) is 0 Å². The normalized spacial score (nSPS) is 12.0. The number of carbonyl (C=O) groups is 1. The van der Waals surface area contributed by atoms with E-state index in [2.05, 4.69) is 18.8 Å². The number of rotatable bonds is 2. The summed E-state index contributed by atoms with van der Waals surface area (Å²) in [5.74, 6) is 0.780. The predicted octanol–water partition coefficient (Wildman–Crippen LogP) is 3.95. The van der Waals surface area contributed by atoms with Crippen LogP contribution in [0, 0.1) is 0 Å². The summed E-state index contributed by atoms with van der Waals surface area (Å²) in [7, 11) is 1.58. The lowest BCUT2D eigenvalue weighted by Crippen LogP contribution is -2.26. The van der Waals surface area contributed by atoms with E-state index in [9.17, 15) is 4.79 Å². The van der Waals surface area contributed by atoms with Crippen molar-refractivity contribution in [3.8, 4) is 5.88 Å². The predicted molar refractivity (Wildman–Crippen MR) is 82.0 cm³/mol. The molecule has 0 radical (unpaired) electrons. The molecule has 2 rings (SSSR count). The van der Waals surface area contributed by atoms with Gasteiger partial charge >= 0.3 is 6.09 Å². The Labute approximate surface area is 124 Å². The molecule has 2 heterocycles. The first-order chi connectivity index (χ1) is 9.73. The maximum absolute atomic E-state index is 12.3. The van der Waals surface area contributed by atoms with Crippen LogP contribution >= 0.6 is 0 Å². The largest absolute Gasteiger partial charge is 0.481 e. The Kier molecular flexibility index (Phi) is 3.94. The Hall–Kier alpha value is -2.04. The molecule has 0 aliphatic carbocycles. The van der Waals surface area contributed by atoms with E-state index in [-0.39, 0.29) is 5.92 Å². The van der Waals surface area contributed by atoms with E-state index in [1.165, 1.54) is 4.57 Å². The van der Waals surface area contributed by atoms with E-state index in [1.807, 2.05) is 26.8 Å². The van der Waals surface area contributed by atoms with Crippen LogP contribution in [-0.2, 0) is 4.74 Å². The molecule has 0 aromatic carbocycles. The van der Waals surface area contributed by atoms with Crippen molar-refractivity contribution in [3.05, 3.63) is 23.9 Å². The molecule has 0 N–H and O–H groups in total. The van der Waals surface area contributed by atoms with Gasteiger partial charge in [0.1, 0.15) is 5.60 Å². The van der Waals surface area contributed by atoms with Crippen LogP contribution in [0.3, 0.4) is 0 Å². The number of hydrogen-bond acceptors (Lipinski definition) is 4. The van der Waals surface area contributed by atoms with Gasteiger partial charge in [-0.15, -0.1) is 0 Å². The van der Waals surface area contributed by atoms with Crippen molar-refractivity contribution >= 4 is 17.1 Å². The molecule has 0 fully saturated rings. The molecule has 0 aliphatic rings. The number of aromatic nitrogens is 2. The van der Waals surface area contributed by atoms with E-state index in [0.29, 0.717) is 5.88 Å². The first kappa shape index (κ1) is 15.4. The monoisotopic (exact) mass is 290 g/mol. The molecule has 0 bridgehead atoms. The molecule has 5 heteroatoms. The highest BCUT2D eigenvalue weighted by Crippen LogP contribution is 2.28. The van der Waals surface area contributed by atoms with Crippen LogP contribution in [0.1, 0.15) is 46.1 Å². The van der Waals surface area contributed by atoms with Crippen molar-refractivity contribution in [2.45, 2.75) is 46.1 Å². The first-order valence-electron chi connectivity index (χ1n) is 7.02. The van der Waals surface area contributed by atoms with E-state index < -0.39 is 11.7 Å². The second-order valence-corrected chi connectivity index (χ2v) is 6.31. The number of methoxy groups -OCH3 is 1. The zero-order valence-electron chi connectivity index (χ0n) is 13.4. The second kappa shape index (κ2) is 5.39. The molecule has 0 amide bonds. The zero-order chi connectivity index (χ0) is 15.8. The van der Waals surface area contributed by atoms with Gasteiger partial charge in [0.2, 0.25) is 5.88 Å². The highest BCUT2D eigenvalue weighted by atomic mass is 16.6. The van der Waals surface area contributed by atoms with Crippen LogP contribution in [0.25, 0.3) is 11.0 Å². The van der Waals surface area contributed by atoms with E-state index in [1.54, 1.807) is 19.4 Å². The minimum absolute atomic E-state index is 0.246. The summed E-state index contributed by atoms with van der Waals surface area (Å²) in [5.41, 5.74) is 1.96. The molecule has 0 unspecified atom stereocenters. The average Bonchev–Trinajstić information content (AvgIpc) is 2.75. The molecular weight excluding hydrogens is 268 g/mol. The van der Waals surface area contributed by atoms with Gasteiger partial charge in [0.15, 0.2) is 0 Å². The molecule has 5 nitrogen and oxygen atoms in total. The number of pyridine rings is 1. The SMILES string of the molecule is COc1ccc2c(n1)c(C(C)C)cn2C(=O)OC(C)(C)C. The third-order valence-electron chi connectivity index (χ3n) is 3.07. The standard InChI is InChI=1S/C16H22N2O3/c1-10(2)11-9-18(15(19)21-16(3,4)5)12-7-8-13(20-6)17-14(11)12/h7-10H,1-6H3. The quantitative estimate of drug-likeness (QED) is 0.840. The summed E-state index contributed by atoms with van der Waals surface area (Å²) < 4.78 is 12.1. The summed E-state index contributed by atoms with van der Waals surface area (Å²) in [5, 5.41) is 0. The highest BCUT2D eigenvalue weighted by molar-refractivity contribution is 5.90. The lowest BCUT2D eigenvalue weighted by molar-refractivity contribution is 0.0544. The van der Waals surface area contributed by atoms with Crippen LogP contribution in [0.15, 0.2) is 18.3 Å². The fraction of sp³-hybridized carbons (Fsp3) is 0.500. The molecule has 0 saturated heterocycles. The Morgan fingerprint density at radius 3 is 2.48 bits per heavy atom. The number of hydrogen-bond donors (Lipinski definition) is 0. The topological polar surface area (TPSA) is 53.4 Å². The van der Waals surface area contributed by atoms with Crippen molar-refractivity contribution in [3.63, 3.8) is 0 Å². The van der Waals surface area contributed by atoms with E-state index >= 15 is 0 Å². The number of nitrogens with zero attached hydrogens (tertiary/aromatic N) is 2. The van der Waals surface area contributed by atoms with Gasteiger partial charge in [-0.05, 0) is 38.3 Å². The summed E-state index contributed by atoms with van der Waals surface area (Å²) in [6.45, 7) is 9.67. The second-order valence-electron chi connectivity index (χ2n) is 6.31. The zero-order valence-corrected chi connectivity index (χ0v) is 13.4. The van der Waals surface area contributed by atoms with Crippen molar-refractivity contribution in [1.82, 2.24) is 9.55 Å². The number of carbonyl (C=O) groups excluding carboxylic acids is 1. The maximum Gasteiger partial charge on any atom is 0.419 e. The van der Waals surface area contributed by atoms with Gasteiger partial charge in [-0.25, -0.2) is 9.78 Å². The molecule has 2 aromatic rings. The van der Waals surface area contributed by atoms with Crippen LogP contribution in [0.2, 0.25) is 0 Å². The van der Waals surface area contributed by atoms with Gasteiger partial charge < -0.3 is 9.47 Å². The minimum atomic E-state index is -0.536. The molecular formula is C16H22N2O3. The highest BCUT2D eigenvalue weighted by Gasteiger charge is 2.22. The Morgan fingerprint density at radius 1 is 1.29 bits per heavy atom. The maximum atomic E-state index is 12.3. The molecule has 0 aliphatic heterocycles.